The van der Waals surface area contributed by atoms with Crippen molar-refractivity contribution in [2.24, 2.45) is 17.6 Å². The summed E-state index contributed by atoms with van der Waals surface area (Å²) in [6, 6.07) is 1.33. The Hall–Kier alpha value is -2.91. The first-order valence-electron chi connectivity index (χ1n) is 11.0. The molecule has 1 aromatic rings. The van der Waals surface area contributed by atoms with Crippen LogP contribution in [-0.2, 0) is 4.79 Å². The van der Waals surface area contributed by atoms with Gasteiger partial charge < -0.3 is 21.3 Å². The molecule has 2 fully saturated rings. The molecule has 1 saturated heterocycles. The van der Waals surface area contributed by atoms with Crippen LogP contribution in [0.5, 0.6) is 0 Å². The molecule has 1 saturated carbocycles. The largest absolute Gasteiger partial charge is 0.368 e. The number of primary amides is 1. The van der Waals surface area contributed by atoms with Crippen LogP contribution in [0.4, 0.5) is 17.3 Å². The van der Waals surface area contributed by atoms with Crippen LogP contribution in [-0.4, -0.2) is 47.4 Å². The summed E-state index contributed by atoms with van der Waals surface area (Å²) in [6.07, 6.45) is 5.80. The zero-order valence-corrected chi connectivity index (χ0v) is 18.2. The fourth-order valence-electron chi connectivity index (χ4n) is 4.23. The predicted molar refractivity (Wildman–Crippen MR) is 118 cm³/mol. The quantitative estimate of drug-likeness (QED) is 0.443. The number of nitro groups is 1. The molecule has 10 heteroatoms. The first-order valence-corrected chi connectivity index (χ1v) is 11.0. The third-order valence-electron chi connectivity index (χ3n) is 6.29. The third kappa shape index (κ3) is 5.83. The van der Waals surface area contributed by atoms with E-state index >= 15 is 0 Å². The fourth-order valence-corrected chi connectivity index (χ4v) is 4.23. The number of pyridine rings is 1. The molecule has 1 aliphatic heterocycles. The molecule has 2 amide bonds. The Morgan fingerprint density at radius 3 is 2.35 bits per heavy atom. The van der Waals surface area contributed by atoms with Crippen LogP contribution >= 0.6 is 0 Å². The third-order valence-corrected chi connectivity index (χ3v) is 6.29. The van der Waals surface area contributed by atoms with Crippen LogP contribution in [0.2, 0.25) is 0 Å². The molecular formula is C21H32N6O4. The van der Waals surface area contributed by atoms with Gasteiger partial charge in [-0.2, -0.15) is 0 Å². The summed E-state index contributed by atoms with van der Waals surface area (Å²) in [5.41, 5.74) is 5.03. The number of hydrogen-bond donors (Lipinski definition) is 3. The Labute approximate surface area is 182 Å². The van der Waals surface area contributed by atoms with Crippen LogP contribution < -0.4 is 21.3 Å². The maximum absolute atomic E-state index is 13.2. The maximum Gasteiger partial charge on any atom is 0.312 e. The Bertz CT molecular complexity index is 829. The van der Waals surface area contributed by atoms with Gasteiger partial charge in [0.15, 0.2) is 0 Å². The van der Waals surface area contributed by atoms with Gasteiger partial charge >= 0.3 is 5.69 Å². The summed E-state index contributed by atoms with van der Waals surface area (Å²) >= 11 is 0. The molecule has 0 spiro atoms. The van der Waals surface area contributed by atoms with Crippen molar-refractivity contribution in [3.63, 3.8) is 0 Å². The second-order valence-electron chi connectivity index (χ2n) is 8.90. The summed E-state index contributed by atoms with van der Waals surface area (Å²) in [5, 5.41) is 17.4. The highest BCUT2D eigenvalue weighted by atomic mass is 16.6. The lowest BCUT2D eigenvalue weighted by Crippen LogP contribution is -2.40. The molecule has 0 radical (unpaired) electrons. The van der Waals surface area contributed by atoms with Gasteiger partial charge in [0.25, 0.3) is 5.91 Å². The summed E-state index contributed by atoms with van der Waals surface area (Å²) < 4.78 is 0. The number of anilines is 2. The number of aromatic nitrogens is 1. The van der Waals surface area contributed by atoms with Gasteiger partial charge in [0, 0.05) is 25.2 Å². The molecule has 4 N–H and O–H groups in total. The number of nitrogens with one attached hydrogen (secondary N) is 2. The standard InChI is InChI=1S/C21H32N6O4/c1-13-3-5-15(6-4-13)24-21(29)16-11-17(27(30)31)19(23-12-18(22)28)25-20(16)26-9-7-14(2)8-10-26/h11,13-15H,3-10,12H2,1-2H3,(H2,22,28)(H,23,25)(H,24,29). The van der Waals surface area contributed by atoms with E-state index < -0.39 is 10.8 Å². The Morgan fingerprint density at radius 1 is 1.16 bits per heavy atom. The van der Waals surface area contributed by atoms with Gasteiger partial charge in [-0.15, -0.1) is 0 Å². The van der Waals surface area contributed by atoms with Crippen LogP contribution in [0.25, 0.3) is 0 Å². The lowest BCUT2D eigenvalue weighted by atomic mass is 9.87. The van der Waals surface area contributed by atoms with E-state index in [2.05, 4.69) is 29.5 Å². The fraction of sp³-hybridized carbons (Fsp3) is 0.667. The monoisotopic (exact) mass is 432 g/mol. The molecule has 1 aliphatic carbocycles. The van der Waals surface area contributed by atoms with Crippen molar-refractivity contribution in [1.29, 1.82) is 0 Å². The molecule has 10 nitrogen and oxygen atoms in total. The van der Waals surface area contributed by atoms with E-state index in [0.717, 1.165) is 38.5 Å². The topological polar surface area (TPSA) is 143 Å². The zero-order valence-electron chi connectivity index (χ0n) is 18.2. The molecular weight excluding hydrogens is 400 g/mol. The number of carbonyl (C=O) groups excluding carboxylic acids is 2. The maximum atomic E-state index is 13.2. The molecule has 31 heavy (non-hydrogen) atoms. The smallest absolute Gasteiger partial charge is 0.312 e. The second-order valence-corrected chi connectivity index (χ2v) is 8.90. The van der Waals surface area contributed by atoms with E-state index in [4.69, 9.17) is 5.73 Å². The van der Waals surface area contributed by atoms with Crippen LogP contribution in [0.3, 0.4) is 0 Å². The van der Waals surface area contributed by atoms with Gasteiger partial charge in [0.2, 0.25) is 11.7 Å². The van der Waals surface area contributed by atoms with Gasteiger partial charge in [-0.05, 0) is 50.4 Å². The van der Waals surface area contributed by atoms with E-state index in [9.17, 15) is 19.7 Å². The van der Waals surface area contributed by atoms with E-state index in [1.807, 2.05) is 4.90 Å². The summed E-state index contributed by atoms with van der Waals surface area (Å²) in [5.74, 6) is 0.579. The van der Waals surface area contributed by atoms with Crippen molar-refractivity contribution in [1.82, 2.24) is 10.3 Å². The highest BCUT2D eigenvalue weighted by molar-refractivity contribution is 6.00. The number of nitrogens with two attached hydrogens (primary N) is 1. The SMILES string of the molecule is CC1CCC(NC(=O)c2cc([N+](=O)[O-])c(NCC(N)=O)nc2N2CCC(C)CC2)CC1. The first kappa shape index (κ1) is 22.8. The van der Waals surface area contributed by atoms with Crippen molar-refractivity contribution in [3.8, 4) is 0 Å². The van der Waals surface area contributed by atoms with Crippen molar-refractivity contribution in [2.45, 2.75) is 58.4 Å². The van der Waals surface area contributed by atoms with Crippen LogP contribution in [0.1, 0.15) is 62.7 Å². The van der Waals surface area contributed by atoms with Gasteiger partial charge in [-0.25, -0.2) is 4.98 Å². The minimum Gasteiger partial charge on any atom is -0.368 e. The highest BCUT2D eigenvalue weighted by Gasteiger charge is 2.30. The Kier molecular flexibility index (Phi) is 7.29. The van der Waals surface area contributed by atoms with Gasteiger partial charge in [-0.3, -0.25) is 19.7 Å². The Balaban J connectivity index is 1.93. The number of nitrogens with zero attached hydrogens (tertiary/aromatic N) is 3. The van der Waals surface area contributed by atoms with Crippen molar-refractivity contribution in [3.05, 3.63) is 21.7 Å². The van der Waals surface area contributed by atoms with Crippen LogP contribution in [0, 0.1) is 22.0 Å². The molecule has 0 unspecified atom stereocenters. The summed E-state index contributed by atoms with van der Waals surface area (Å²) in [4.78, 5) is 41.9. The lowest BCUT2D eigenvalue weighted by molar-refractivity contribution is -0.384. The molecule has 2 aliphatic rings. The highest BCUT2D eigenvalue weighted by Crippen LogP contribution is 2.32. The van der Waals surface area contributed by atoms with E-state index in [1.165, 1.54) is 6.07 Å². The molecule has 0 atom stereocenters. The van der Waals surface area contributed by atoms with Crippen molar-refractivity contribution in [2.75, 3.05) is 29.9 Å². The predicted octanol–water partition coefficient (Wildman–Crippen LogP) is 2.43. The first-order chi connectivity index (χ1) is 14.7. The van der Waals surface area contributed by atoms with E-state index in [1.54, 1.807) is 0 Å². The zero-order chi connectivity index (χ0) is 22.5. The van der Waals surface area contributed by atoms with E-state index in [-0.39, 0.29) is 35.6 Å². The number of rotatable bonds is 7. The molecule has 170 valence electrons. The van der Waals surface area contributed by atoms with Gasteiger partial charge in [-0.1, -0.05) is 13.8 Å². The lowest BCUT2D eigenvalue weighted by Gasteiger charge is -2.33. The Morgan fingerprint density at radius 2 is 1.77 bits per heavy atom. The molecule has 0 aromatic carbocycles. The summed E-state index contributed by atoms with van der Waals surface area (Å²) in [6.45, 7) is 5.53. The number of piperidine rings is 1. The van der Waals surface area contributed by atoms with E-state index in [0.29, 0.717) is 30.7 Å². The molecule has 0 bridgehead atoms. The van der Waals surface area contributed by atoms with Gasteiger partial charge in [0.05, 0.1) is 17.0 Å². The molecule has 1 aromatic heterocycles. The number of hydrogen-bond acceptors (Lipinski definition) is 7. The van der Waals surface area contributed by atoms with Crippen molar-refractivity contribution >= 4 is 29.1 Å². The average Bonchev–Trinajstić information content (AvgIpc) is 2.73. The normalized spacial score (nSPS) is 22.1. The molecule has 2 heterocycles. The average molecular weight is 433 g/mol. The number of amides is 2. The minimum absolute atomic E-state index is 0.0551. The van der Waals surface area contributed by atoms with Crippen LogP contribution in [0.15, 0.2) is 6.07 Å². The minimum atomic E-state index is -0.655. The molecule has 3 rings (SSSR count). The van der Waals surface area contributed by atoms with Crippen molar-refractivity contribution < 1.29 is 14.5 Å². The summed E-state index contributed by atoms with van der Waals surface area (Å²) in [7, 11) is 0. The number of carbonyl (C=O) groups is 2. The van der Waals surface area contributed by atoms with Gasteiger partial charge in [0.1, 0.15) is 5.82 Å². The second kappa shape index (κ2) is 9.93.